The molecule has 0 saturated heterocycles. The first-order valence-electron chi connectivity index (χ1n) is 7.71. The number of hydrogen-bond donors (Lipinski definition) is 0. The van der Waals surface area contributed by atoms with Gasteiger partial charge in [-0.15, -0.1) is 0 Å². The van der Waals surface area contributed by atoms with Gasteiger partial charge in [0.2, 0.25) is 5.89 Å². The van der Waals surface area contributed by atoms with Crippen molar-refractivity contribution in [3.63, 3.8) is 0 Å². The van der Waals surface area contributed by atoms with Crippen LogP contribution in [0, 0.1) is 0 Å². The van der Waals surface area contributed by atoms with Crippen molar-refractivity contribution in [2.75, 3.05) is 18.6 Å². The molecule has 0 bridgehead atoms. The van der Waals surface area contributed by atoms with E-state index in [0.29, 0.717) is 5.89 Å². The molecule has 4 rings (SSSR count). The lowest BCUT2D eigenvalue weighted by atomic mass is 10.2. The van der Waals surface area contributed by atoms with Gasteiger partial charge in [-0.25, -0.2) is 4.98 Å². The minimum atomic E-state index is 0.583. The average molecular weight is 319 g/mol. The van der Waals surface area contributed by atoms with Crippen LogP contribution in [0.2, 0.25) is 0 Å². The Hall–Kier alpha value is -3.21. The summed E-state index contributed by atoms with van der Waals surface area (Å²) < 4.78 is 11.3. The minimum absolute atomic E-state index is 0.583. The summed E-state index contributed by atoms with van der Waals surface area (Å²) in [6.07, 6.45) is 7.30. The van der Waals surface area contributed by atoms with E-state index in [-0.39, 0.29) is 0 Å². The Morgan fingerprint density at radius 1 is 1.04 bits per heavy atom. The molecule has 120 valence electrons. The van der Waals surface area contributed by atoms with Crippen molar-refractivity contribution in [3.05, 3.63) is 73.4 Å². The molecule has 24 heavy (non-hydrogen) atoms. The van der Waals surface area contributed by atoms with E-state index in [1.165, 1.54) is 0 Å². The first-order chi connectivity index (χ1) is 11.8. The topological polar surface area (TPSA) is 41.7 Å². The molecular formula is C19H17N3O2. The third-order valence-electron chi connectivity index (χ3n) is 3.77. The second-order valence-electron chi connectivity index (χ2n) is 5.63. The lowest BCUT2D eigenvalue weighted by molar-refractivity contribution is 0.480. The lowest BCUT2D eigenvalue weighted by Gasteiger charge is -2.19. The SMILES string of the molecule is CN1C=CN(c2cccc(Oc3cccc(-c4ncco4)c3)c2)C1. The van der Waals surface area contributed by atoms with Gasteiger partial charge in [-0.05, 0) is 30.3 Å². The van der Waals surface area contributed by atoms with Gasteiger partial charge in [0.15, 0.2) is 0 Å². The molecule has 0 fully saturated rings. The van der Waals surface area contributed by atoms with E-state index < -0.39 is 0 Å². The molecule has 2 aromatic carbocycles. The van der Waals surface area contributed by atoms with Crippen molar-refractivity contribution in [1.82, 2.24) is 9.88 Å². The predicted octanol–water partition coefficient (Wildman–Crippen LogP) is 4.31. The van der Waals surface area contributed by atoms with Gasteiger partial charge in [0, 0.05) is 36.8 Å². The lowest BCUT2D eigenvalue weighted by Crippen LogP contribution is -2.21. The van der Waals surface area contributed by atoms with Crippen LogP contribution in [0.25, 0.3) is 11.5 Å². The fraction of sp³-hybridized carbons (Fsp3) is 0.105. The number of aromatic nitrogens is 1. The fourth-order valence-electron chi connectivity index (χ4n) is 2.62. The molecule has 1 aromatic heterocycles. The Kier molecular flexibility index (Phi) is 3.67. The van der Waals surface area contributed by atoms with Gasteiger partial charge < -0.3 is 19.0 Å². The van der Waals surface area contributed by atoms with Crippen LogP contribution >= 0.6 is 0 Å². The number of nitrogens with zero attached hydrogens (tertiary/aromatic N) is 3. The average Bonchev–Trinajstić information content (AvgIpc) is 3.27. The molecule has 0 N–H and O–H groups in total. The first kappa shape index (κ1) is 14.4. The highest BCUT2D eigenvalue weighted by molar-refractivity contribution is 5.57. The van der Waals surface area contributed by atoms with Crippen molar-refractivity contribution in [2.24, 2.45) is 0 Å². The highest BCUT2D eigenvalue weighted by Gasteiger charge is 2.11. The van der Waals surface area contributed by atoms with E-state index in [1.807, 2.05) is 55.7 Å². The quantitative estimate of drug-likeness (QED) is 0.716. The number of hydrogen-bond acceptors (Lipinski definition) is 5. The van der Waals surface area contributed by atoms with Crippen LogP contribution in [0.15, 0.2) is 77.8 Å². The molecule has 3 aromatic rings. The highest BCUT2D eigenvalue weighted by Crippen LogP contribution is 2.29. The Morgan fingerprint density at radius 2 is 1.88 bits per heavy atom. The summed E-state index contributed by atoms with van der Waals surface area (Å²) in [5, 5.41) is 0. The van der Waals surface area contributed by atoms with Gasteiger partial charge >= 0.3 is 0 Å². The van der Waals surface area contributed by atoms with Crippen molar-refractivity contribution in [2.45, 2.75) is 0 Å². The Bertz CT molecular complexity index is 859. The molecule has 5 nitrogen and oxygen atoms in total. The smallest absolute Gasteiger partial charge is 0.225 e. The largest absolute Gasteiger partial charge is 0.457 e. The van der Waals surface area contributed by atoms with Crippen LogP contribution in [0.1, 0.15) is 0 Å². The Balaban J connectivity index is 1.55. The number of benzene rings is 2. The standard InChI is InChI=1S/C19H17N3O2/c1-21-9-10-22(14-21)16-5-3-7-18(13-16)24-17-6-2-4-15(12-17)19-20-8-11-23-19/h2-13H,14H2,1H3. The summed E-state index contributed by atoms with van der Waals surface area (Å²) >= 11 is 0. The molecule has 1 aliphatic heterocycles. The summed E-state index contributed by atoms with van der Waals surface area (Å²) in [7, 11) is 2.05. The second kappa shape index (κ2) is 6.12. The summed E-state index contributed by atoms with van der Waals surface area (Å²) in [6, 6.07) is 15.8. The van der Waals surface area contributed by atoms with Gasteiger partial charge in [0.05, 0.1) is 12.9 Å². The number of ether oxygens (including phenoxy) is 1. The van der Waals surface area contributed by atoms with Crippen LogP contribution in [-0.4, -0.2) is 23.6 Å². The van der Waals surface area contributed by atoms with Crippen LogP contribution in [0.5, 0.6) is 11.5 Å². The van der Waals surface area contributed by atoms with Gasteiger partial charge in [-0.2, -0.15) is 0 Å². The summed E-state index contributed by atoms with van der Waals surface area (Å²) in [4.78, 5) is 8.45. The normalized spacial score (nSPS) is 13.5. The molecule has 0 amide bonds. The van der Waals surface area contributed by atoms with Gasteiger partial charge in [-0.1, -0.05) is 12.1 Å². The van der Waals surface area contributed by atoms with Crippen molar-refractivity contribution in [1.29, 1.82) is 0 Å². The zero-order valence-electron chi connectivity index (χ0n) is 13.3. The summed E-state index contributed by atoms with van der Waals surface area (Å²) in [5.74, 6) is 2.12. The molecule has 5 heteroatoms. The minimum Gasteiger partial charge on any atom is -0.457 e. The third kappa shape index (κ3) is 2.96. The highest BCUT2D eigenvalue weighted by atomic mass is 16.5. The van der Waals surface area contributed by atoms with Crippen LogP contribution in [0.3, 0.4) is 0 Å². The number of anilines is 1. The summed E-state index contributed by atoms with van der Waals surface area (Å²) in [5.41, 5.74) is 1.98. The van der Waals surface area contributed by atoms with E-state index >= 15 is 0 Å². The number of oxazole rings is 1. The maximum atomic E-state index is 6.01. The molecular weight excluding hydrogens is 302 g/mol. The zero-order chi connectivity index (χ0) is 16.4. The van der Waals surface area contributed by atoms with E-state index in [2.05, 4.69) is 27.1 Å². The molecule has 0 aliphatic carbocycles. The summed E-state index contributed by atoms with van der Waals surface area (Å²) in [6.45, 7) is 0.836. The van der Waals surface area contributed by atoms with E-state index in [9.17, 15) is 0 Å². The van der Waals surface area contributed by atoms with Crippen LogP contribution in [-0.2, 0) is 0 Å². The van der Waals surface area contributed by atoms with Crippen LogP contribution in [0.4, 0.5) is 5.69 Å². The Labute approximate surface area is 140 Å². The third-order valence-corrected chi connectivity index (χ3v) is 3.77. The van der Waals surface area contributed by atoms with Crippen molar-refractivity contribution >= 4 is 5.69 Å². The number of rotatable bonds is 4. The predicted molar refractivity (Wildman–Crippen MR) is 92.7 cm³/mol. The van der Waals surface area contributed by atoms with Crippen molar-refractivity contribution in [3.8, 4) is 23.0 Å². The monoisotopic (exact) mass is 319 g/mol. The first-order valence-corrected chi connectivity index (χ1v) is 7.71. The van der Waals surface area contributed by atoms with E-state index in [1.54, 1.807) is 12.5 Å². The van der Waals surface area contributed by atoms with Crippen LogP contribution < -0.4 is 9.64 Å². The maximum Gasteiger partial charge on any atom is 0.225 e. The van der Waals surface area contributed by atoms with Gasteiger partial charge in [0.1, 0.15) is 17.8 Å². The van der Waals surface area contributed by atoms with E-state index in [4.69, 9.17) is 9.15 Å². The maximum absolute atomic E-state index is 6.01. The molecule has 0 atom stereocenters. The fourth-order valence-corrected chi connectivity index (χ4v) is 2.62. The Morgan fingerprint density at radius 3 is 2.62 bits per heavy atom. The zero-order valence-corrected chi connectivity index (χ0v) is 13.3. The molecule has 0 saturated carbocycles. The molecule has 2 heterocycles. The molecule has 0 spiro atoms. The molecule has 0 radical (unpaired) electrons. The second-order valence-corrected chi connectivity index (χ2v) is 5.63. The van der Waals surface area contributed by atoms with E-state index in [0.717, 1.165) is 29.4 Å². The van der Waals surface area contributed by atoms with Crippen molar-refractivity contribution < 1.29 is 9.15 Å². The van der Waals surface area contributed by atoms with Gasteiger partial charge in [-0.3, -0.25) is 0 Å². The van der Waals surface area contributed by atoms with Gasteiger partial charge in [0.25, 0.3) is 0 Å². The molecule has 1 aliphatic rings. The molecule has 0 unspecified atom stereocenters.